The second kappa shape index (κ2) is 6.78. The summed E-state index contributed by atoms with van der Waals surface area (Å²) in [6.07, 6.45) is 3.99. The highest BCUT2D eigenvalue weighted by Crippen LogP contribution is 2.27. The first-order valence-corrected chi connectivity index (χ1v) is 7.65. The van der Waals surface area contributed by atoms with Crippen molar-refractivity contribution < 1.29 is 0 Å². The molecule has 2 rings (SSSR count). The molecule has 0 radical (unpaired) electrons. The van der Waals surface area contributed by atoms with Crippen LogP contribution in [0.2, 0.25) is 0 Å². The molecule has 0 aliphatic carbocycles. The number of hydrogen-bond acceptors (Lipinski definition) is 4. The molecule has 0 aliphatic heterocycles. The zero-order chi connectivity index (χ0) is 13.7. The fourth-order valence-electron chi connectivity index (χ4n) is 1.85. The van der Waals surface area contributed by atoms with Gasteiger partial charge >= 0.3 is 0 Å². The normalized spacial score (nSPS) is 11.2. The molecule has 0 aromatic carbocycles. The summed E-state index contributed by atoms with van der Waals surface area (Å²) in [4.78, 5) is 10.5. The van der Waals surface area contributed by atoms with E-state index in [1.807, 2.05) is 24.4 Å². The molecule has 0 amide bonds. The topological polar surface area (TPSA) is 37.8 Å². The smallest absolute Gasteiger partial charge is 0.142 e. The average molecular weight is 275 g/mol. The number of hydrogen-bond donors (Lipinski definition) is 1. The van der Waals surface area contributed by atoms with E-state index in [2.05, 4.69) is 31.1 Å². The quantitative estimate of drug-likeness (QED) is 0.874. The minimum absolute atomic E-state index is 0.495. The Morgan fingerprint density at radius 3 is 2.79 bits per heavy atom. The summed E-state index contributed by atoms with van der Waals surface area (Å²) in [5, 5.41) is 4.51. The standard InChI is InChI=1S/C15H21N3S/c1-4-7-12-14(10-17-11(2)3)19-15(18-12)13-8-5-6-9-16-13/h5-6,8-9,11,17H,4,7,10H2,1-3H3. The van der Waals surface area contributed by atoms with Crippen LogP contribution in [0.4, 0.5) is 0 Å². The van der Waals surface area contributed by atoms with Gasteiger partial charge in [0, 0.05) is 23.7 Å². The largest absolute Gasteiger partial charge is 0.310 e. The van der Waals surface area contributed by atoms with Gasteiger partial charge in [0.2, 0.25) is 0 Å². The van der Waals surface area contributed by atoms with Crippen molar-refractivity contribution >= 4 is 11.3 Å². The van der Waals surface area contributed by atoms with Crippen molar-refractivity contribution in [2.75, 3.05) is 0 Å². The van der Waals surface area contributed by atoms with E-state index in [9.17, 15) is 0 Å². The summed E-state index contributed by atoms with van der Waals surface area (Å²) < 4.78 is 0. The minimum Gasteiger partial charge on any atom is -0.310 e. The van der Waals surface area contributed by atoms with Crippen LogP contribution in [-0.2, 0) is 13.0 Å². The van der Waals surface area contributed by atoms with Crippen LogP contribution in [0.25, 0.3) is 10.7 Å². The molecule has 2 heterocycles. The second-order valence-corrected chi connectivity index (χ2v) is 5.97. The summed E-state index contributed by atoms with van der Waals surface area (Å²) in [6, 6.07) is 6.46. The lowest BCUT2D eigenvalue weighted by molar-refractivity contribution is 0.589. The summed E-state index contributed by atoms with van der Waals surface area (Å²) in [7, 11) is 0. The van der Waals surface area contributed by atoms with Gasteiger partial charge in [-0.3, -0.25) is 4.98 Å². The van der Waals surface area contributed by atoms with Crippen molar-refractivity contribution in [1.29, 1.82) is 0 Å². The Morgan fingerprint density at radius 1 is 1.32 bits per heavy atom. The molecule has 102 valence electrons. The molecule has 19 heavy (non-hydrogen) atoms. The van der Waals surface area contributed by atoms with Crippen LogP contribution in [0.1, 0.15) is 37.8 Å². The molecule has 2 aromatic rings. The van der Waals surface area contributed by atoms with E-state index in [4.69, 9.17) is 4.98 Å². The Kier molecular flexibility index (Phi) is 5.05. The highest BCUT2D eigenvalue weighted by Gasteiger charge is 2.12. The first-order chi connectivity index (χ1) is 9.20. The maximum absolute atomic E-state index is 4.76. The lowest BCUT2D eigenvalue weighted by Crippen LogP contribution is -2.21. The highest BCUT2D eigenvalue weighted by molar-refractivity contribution is 7.15. The predicted molar refractivity (Wildman–Crippen MR) is 81.3 cm³/mol. The molecule has 0 spiro atoms. The second-order valence-electron chi connectivity index (χ2n) is 4.89. The lowest BCUT2D eigenvalue weighted by atomic mass is 10.2. The molecule has 0 aliphatic rings. The van der Waals surface area contributed by atoms with Gasteiger partial charge < -0.3 is 5.32 Å². The molecular weight excluding hydrogens is 254 g/mol. The van der Waals surface area contributed by atoms with Crippen LogP contribution in [0.15, 0.2) is 24.4 Å². The highest BCUT2D eigenvalue weighted by atomic mass is 32.1. The van der Waals surface area contributed by atoms with Gasteiger partial charge in [0.25, 0.3) is 0 Å². The molecule has 0 bridgehead atoms. The molecular formula is C15H21N3S. The van der Waals surface area contributed by atoms with Crippen molar-refractivity contribution in [3.8, 4) is 10.7 Å². The first kappa shape index (κ1) is 14.2. The van der Waals surface area contributed by atoms with Crippen molar-refractivity contribution in [3.05, 3.63) is 35.0 Å². The molecule has 0 saturated carbocycles. The van der Waals surface area contributed by atoms with Crippen molar-refractivity contribution in [1.82, 2.24) is 15.3 Å². The number of aryl methyl sites for hydroxylation is 1. The van der Waals surface area contributed by atoms with Crippen molar-refractivity contribution in [3.63, 3.8) is 0 Å². The van der Waals surface area contributed by atoms with Crippen LogP contribution in [-0.4, -0.2) is 16.0 Å². The lowest BCUT2D eigenvalue weighted by Gasteiger charge is -2.07. The summed E-state index contributed by atoms with van der Waals surface area (Å²) >= 11 is 1.76. The molecule has 1 N–H and O–H groups in total. The van der Waals surface area contributed by atoms with Gasteiger partial charge in [0.1, 0.15) is 5.01 Å². The predicted octanol–water partition coefficient (Wildman–Crippen LogP) is 3.66. The fourth-order valence-corrected chi connectivity index (χ4v) is 2.88. The van der Waals surface area contributed by atoms with E-state index in [1.165, 1.54) is 10.6 Å². The van der Waals surface area contributed by atoms with E-state index in [-0.39, 0.29) is 0 Å². The van der Waals surface area contributed by atoms with Crippen LogP contribution in [0, 0.1) is 0 Å². The van der Waals surface area contributed by atoms with Crippen LogP contribution in [0.3, 0.4) is 0 Å². The van der Waals surface area contributed by atoms with Gasteiger partial charge in [-0.1, -0.05) is 33.3 Å². The maximum atomic E-state index is 4.76. The van der Waals surface area contributed by atoms with Gasteiger partial charge in [-0.2, -0.15) is 0 Å². The third-order valence-electron chi connectivity index (χ3n) is 2.82. The molecule has 2 aromatic heterocycles. The Labute approximate surface area is 119 Å². The third kappa shape index (κ3) is 3.85. The van der Waals surface area contributed by atoms with Crippen molar-refractivity contribution in [2.45, 2.75) is 46.2 Å². The number of rotatable bonds is 6. The van der Waals surface area contributed by atoms with Gasteiger partial charge in [-0.25, -0.2) is 4.98 Å². The molecule has 0 fully saturated rings. The molecule has 0 atom stereocenters. The van der Waals surface area contributed by atoms with Gasteiger partial charge in [-0.05, 0) is 18.6 Å². The fraction of sp³-hybridized carbons (Fsp3) is 0.467. The number of nitrogens with one attached hydrogen (secondary N) is 1. The van der Waals surface area contributed by atoms with Crippen LogP contribution < -0.4 is 5.32 Å². The number of thiazole rings is 1. The Hall–Kier alpha value is -1.26. The zero-order valence-corrected chi connectivity index (χ0v) is 12.6. The van der Waals surface area contributed by atoms with Crippen LogP contribution in [0.5, 0.6) is 0 Å². The number of aromatic nitrogens is 2. The summed E-state index contributed by atoms with van der Waals surface area (Å²) in [6.45, 7) is 7.43. The average Bonchev–Trinajstić information content (AvgIpc) is 2.81. The monoisotopic (exact) mass is 275 g/mol. The summed E-state index contributed by atoms with van der Waals surface area (Å²) in [5.74, 6) is 0. The maximum Gasteiger partial charge on any atom is 0.142 e. The molecule has 0 saturated heterocycles. The molecule has 3 nitrogen and oxygen atoms in total. The number of nitrogens with zero attached hydrogens (tertiary/aromatic N) is 2. The van der Waals surface area contributed by atoms with E-state index in [0.29, 0.717) is 6.04 Å². The minimum atomic E-state index is 0.495. The Bertz CT molecular complexity index is 505. The molecule has 4 heteroatoms. The summed E-state index contributed by atoms with van der Waals surface area (Å²) in [5.41, 5.74) is 2.20. The van der Waals surface area contributed by atoms with Crippen molar-refractivity contribution in [2.24, 2.45) is 0 Å². The Balaban J connectivity index is 2.24. The third-order valence-corrected chi connectivity index (χ3v) is 3.94. The number of pyridine rings is 1. The van der Waals surface area contributed by atoms with E-state index < -0.39 is 0 Å². The van der Waals surface area contributed by atoms with E-state index in [1.54, 1.807) is 11.3 Å². The Morgan fingerprint density at radius 2 is 2.16 bits per heavy atom. The van der Waals surface area contributed by atoms with Gasteiger partial charge in [-0.15, -0.1) is 11.3 Å². The first-order valence-electron chi connectivity index (χ1n) is 6.84. The van der Waals surface area contributed by atoms with Crippen LogP contribution >= 0.6 is 11.3 Å². The SMILES string of the molecule is CCCc1nc(-c2ccccn2)sc1CNC(C)C. The zero-order valence-electron chi connectivity index (χ0n) is 11.8. The molecule has 0 unspecified atom stereocenters. The van der Waals surface area contributed by atoms with E-state index >= 15 is 0 Å². The van der Waals surface area contributed by atoms with Gasteiger partial charge in [0.05, 0.1) is 11.4 Å². The van der Waals surface area contributed by atoms with E-state index in [0.717, 1.165) is 30.1 Å². The van der Waals surface area contributed by atoms with Gasteiger partial charge in [0.15, 0.2) is 0 Å².